The fourth-order valence-corrected chi connectivity index (χ4v) is 3.78. The number of benzene rings is 1. The lowest BCUT2D eigenvalue weighted by molar-refractivity contribution is -0.119. The van der Waals surface area contributed by atoms with Gasteiger partial charge in [-0.3, -0.25) is 4.79 Å². The van der Waals surface area contributed by atoms with E-state index in [1.807, 2.05) is 29.6 Å². The van der Waals surface area contributed by atoms with E-state index in [-0.39, 0.29) is 11.9 Å². The van der Waals surface area contributed by atoms with Crippen LogP contribution in [-0.2, 0) is 4.79 Å². The Hall–Kier alpha value is -2.11. The third-order valence-corrected chi connectivity index (χ3v) is 5.41. The zero-order valence-corrected chi connectivity index (χ0v) is 14.9. The predicted octanol–water partition coefficient (Wildman–Crippen LogP) is 4.45. The molecule has 3 rings (SSSR count). The minimum atomic E-state index is -0.109. The molecule has 3 aromatic rings. The van der Waals surface area contributed by atoms with Crippen LogP contribution < -0.4 is 5.32 Å². The first-order valence-corrected chi connectivity index (χ1v) is 9.52. The second kappa shape index (κ2) is 8.13. The standard InChI is InChI=1S/C19H18N2OS2/c1-14-7-9-15(10-8-14)19(16-5-4-12-23-16)21-17(22)13-24-18-6-2-3-11-20-18/h2-12,19H,13H2,1H3,(H,21,22). The van der Waals surface area contributed by atoms with E-state index in [0.29, 0.717) is 5.75 Å². The van der Waals surface area contributed by atoms with Gasteiger partial charge in [-0.25, -0.2) is 4.98 Å². The summed E-state index contributed by atoms with van der Waals surface area (Å²) in [6.45, 7) is 2.06. The van der Waals surface area contributed by atoms with E-state index in [1.54, 1.807) is 17.5 Å². The molecule has 1 aromatic carbocycles. The average Bonchev–Trinajstić information content (AvgIpc) is 3.14. The largest absolute Gasteiger partial charge is 0.344 e. The Balaban J connectivity index is 1.70. The van der Waals surface area contributed by atoms with Gasteiger partial charge in [0.25, 0.3) is 0 Å². The van der Waals surface area contributed by atoms with Crippen molar-refractivity contribution in [1.29, 1.82) is 0 Å². The molecule has 0 aliphatic heterocycles. The molecule has 0 spiro atoms. The number of aromatic nitrogens is 1. The minimum Gasteiger partial charge on any atom is -0.344 e. The Kier molecular flexibility index (Phi) is 5.67. The van der Waals surface area contributed by atoms with Gasteiger partial charge >= 0.3 is 0 Å². The van der Waals surface area contributed by atoms with Crippen LogP contribution in [0.3, 0.4) is 0 Å². The summed E-state index contributed by atoms with van der Waals surface area (Å²) >= 11 is 3.10. The lowest BCUT2D eigenvalue weighted by atomic mass is 10.0. The monoisotopic (exact) mass is 354 g/mol. The van der Waals surface area contributed by atoms with Crippen molar-refractivity contribution in [2.75, 3.05) is 5.75 Å². The van der Waals surface area contributed by atoms with Gasteiger partial charge in [-0.1, -0.05) is 53.7 Å². The molecule has 2 heterocycles. The van der Waals surface area contributed by atoms with Crippen LogP contribution in [0.2, 0.25) is 0 Å². The number of thioether (sulfide) groups is 1. The molecule has 24 heavy (non-hydrogen) atoms. The maximum atomic E-state index is 12.4. The van der Waals surface area contributed by atoms with Crippen molar-refractivity contribution in [2.45, 2.75) is 18.0 Å². The average molecular weight is 355 g/mol. The second-order valence-electron chi connectivity index (χ2n) is 5.38. The molecule has 1 N–H and O–H groups in total. The molecule has 0 saturated heterocycles. The van der Waals surface area contributed by atoms with Crippen LogP contribution in [0.4, 0.5) is 0 Å². The van der Waals surface area contributed by atoms with Crippen LogP contribution in [0.1, 0.15) is 22.0 Å². The van der Waals surface area contributed by atoms with Crippen molar-refractivity contribution in [3.05, 3.63) is 82.2 Å². The summed E-state index contributed by atoms with van der Waals surface area (Å²) in [5.41, 5.74) is 2.31. The van der Waals surface area contributed by atoms with Crippen LogP contribution in [-0.4, -0.2) is 16.6 Å². The van der Waals surface area contributed by atoms with Gasteiger partial charge in [-0.05, 0) is 36.1 Å². The number of amides is 1. The van der Waals surface area contributed by atoms with E-state index < -0.39 is 0 Å². The summed E-state index contributed by atoms with van der Waals surface area (Å²) in [6.07, 6.45) is 1.74. The molecule has 2 aromatic heterocycles. The zero-order chi connectivity index (χ0) is 16.8. The number of carbonyl (C=O) groups is 1. The van der Waals surface area contributed by atoms with Gasteiger partial charge < -0.3 is 5.32 Å². The highest BCUT2D eigenvalue weighted by Crippen LogP contribution is 2.26. The van der Waals surface area contributed by atoms with Crippen LogP contribution >= 0.6 is 23.1 Å². The maximum absolute atomic E-state index is 12.4. The molecule has 0 aliphatic rings. The maximum Gasteiger partial charge on any atom is 0.231 e. The molecule has 0 fully saturated rings. The summed E-state index contributed by atoms with van der Waals surface area (Å²) in [5, 5.41) is 6.04. The summed E-state index contributed by atoms with van der Waals surface area (Å²) in [6, 6.07) is 18.0. The Morgan fingerprint density at radius 1 is 1.17 bits per heavy atom. The molecule has 1 unspecified atom stereocenters. The highest BCUT2D eigenvalue weighted by Gasteiger charge is 2.18. The Labute approximate surface area is 150 Å². The van der Waals surface area contributed by atoms with E-state index in [2.05, 4.69) is 47.6 Å². The number of carbonyl (C=O) groups excluding carboxylic acids is 1. The van der Waals surface area contributed by atoms with Crippen LogP contribution in [0, 0.1) is 6.92 Å². The molecular formula is C19H18N2OS2. The molecule has 0 aliphatic carbocycles. The highest BCUT2D eigenvalue weighted by atomic mass is 32.2. The third-order valence-electron chi connectivity index (χ3n) is 3.53. The van der Waals surface area contributed by atoms with Gasteiger partial charge in [0.2, 0.25) is 5.91 Å². The van der Waals surface area contributed by atoms with Crippen molar-refractivity contribution in [3.63, 3.8) is 0 Å². The number of thiophene rings is 1. The van der Waals surface area contributed by atoms with Gasteiger partial charge in [-0.15, -0.1) is 11.3 Å². The lowest BCUT2D eigenvalue weighted by Gasteiger charge is -2.18. The fraction of sp³-hybridized carbons (Fsp3) is 0.158. The second-order valence-corrected chi connectivity index (χ2v) is 7.36. The molecule has 5 heteroatoms. The van der Waals surface area contributed by atoms with E-state index in [4.69, 9.17) is 0 Å². The van der Waals surface area contributed by atoms with Crippen molar-refractivity contribution in [2.24, 2.45) is 0 Å². The molecule has 0 bridgehead atoms. The van der Waals surface area contributed by atoms with Crippen molar-refractivity contribution < 1.29 is 4.79 Å². The lowest BCUT2D eigenvalue weighted by Crippen LogP contribution is -2.30. The first kappa shape index (κ1) is 16.7. The number of hydrogen-bond donors (Lipinski definition) is 1. The summed E-state index contributed by atoms with van der Waals surface area (Å²) in [4.78, 5) is 17.8. The number of rotatable bonds is 6. The van der Waals surface area contributed by atoms with Crippen LogP contribution in [0.25, 0.3) is 0 Å². The molecule has 1 atom stereocenters. The Morgan fingerprint density at radius 3 is 2.67 bits per heavy atom. The first-order valence-electron chi connectivity index (χ1n) is 7.65. The van der Waals surface area contributed by atoms with Gasteiger partial charge in [-0.2, -0.15) is 0 Å². The van der Waals surface area contributed by atoms with Gasteiger partial charge in [0.15, 0.2) is 0 Å². The highest BCUT2D eigenvalue weighted by molar-refractivity contribution is 7.99. The molecule has 1 amide bonds. The molecule has 122 valence electrons. The zero-order valence-electron chi connectivity index (χ0n) is 13.3. The van der Waals surface area contributed by atoms with E-state index >= 15 is 0 Å². The summed E-state index contributed by atoms with van der Waals surface area (Å²) in [7, 11) is 0. The van der Waals surface area contributed by atoms with Crippen molar-refractivity contribution in [1.82, 2.24) is 10.3 Å². The summed E-state index contributed by atoms with van der Waals surface area (Å²) in [5.74, 6) is 0.356. The Bertz CT molecular complexity index is 771. The quantitative estimate of drug-likeness (QED) is 0.665. The summed E-state index contributed by atoms with van der Waals surface area (Å²) < 4.78 is 0. The number of nitrogens with zero attached hydrogens (tertiary/aromatic N) is 1. The topological polar surface area (TPSA) is 42.0 Å². The Morgan fingerprint density at radius 2 is 2.00 bits per heavy atom. The van der Waals surface area contributed by atoms with Crippen molar-refractivity contribution >= 4 is 29.0 Å². The molecule has 0 saturated carbocycles. The van der Waals surface area contributed by atoms with Crippen molar-refractivity contribution in [3.8, 4) is 0 Å². The van der Waals surface area contributed by atoms with Gasteiger partial charge in [0, 0.05) is 11.1 Å². The molecule has 3 nitrogen and oxygen atoms in total. The first-order chi connectivity index (χ1) is 11.7. The smallest absolute Gasteiger partial charge is 0.231 e. The van der Waals surface area contributed by atoms with E-state index in [0.717, 1.165) is 15.5 Å². The SMILES string of the molecule is Cc1ccc(C(NC(=O)CSc2ccccn2)c2cccs2)cc1. The fourth-order valence-electron chi connectivity index (χ4n) is 2.31. The van der Waals surface area contributed by atoms with E-state index in [9.17, 15) is 4.79 Å². The number of pyridine rings is 1. The number of nitrogens with one attached hydrogen (secondary N) is 1. The van der Waals surface area contributed by atoms with Crippen LogP contribution in [0.5, 0.6) is 0 Å². The number of hydrogen-bond acceptors (Lipinski definition) is 4. The minimum absolute atomic E-state index is 0.00429. The van der Waals surface area contributed by atoms with E-state index in [1.165, 1.54) is 17.3 Å². The van der Waals surface area contributed by atoms with Crippen LogP contribution in [0.15, 0.2) is 71.2 Å². The molecule has 0 radical (unpaired) electrons. The molecular weight excluding hydrogens is 336 g/mol. The van der Waals surface area contributed by atoms with Gasteiger partial charge in [0.05, 0.1) is 16.8 Å². The number of aryl methyl sites for hydroxylation is 1. The van der Waals surface area contributed by atoms with Gasteiger partial charge in [0.1, 0.15) is 0 Å². The predicted molar refractivity (Wildman–Crippen MR) is 100 cm³/mol. The normalized spacial score (nSPS) is 11.9. The third kappa shape index (κ3) is 4.46.